The number of sulfonamides is 1. The Morgan fingerprint density at radius 2 is 2.31 bits per heavy atom. The highest BCUT2D eigenvalue weighted by atomic mass is 35.5. The van der Waals surface area contributed by atoms with Gasteiger partial charge >= 0.3 is 5.97 Å². The first kappa shape index (κ1) is 13.1. The fraction of sp³-hybridized carbons (Fsp3) is 0.143. The van der Waals surface area contributed by atoms with Crippen LogP contribution in [-0.4, -0.2) is 31.0 Å². The number of aromatic nitrogens is 1. The molecule has 0 fully saturated rings. The number of halogens is 1. The molecule has 0 bridgehead atoms. The number of rotatable bonds is 5. The van der Waals surface area contributed by atoms with E-state index in [0.29, 0.717) is 0 Å². The lowest BCUT2D eigenvalue weighted by molar-refractivity contribution is 0.0687. The maximum absolute atomic E-state index is 11.6. The Hall–Kier alpha value is -0.960. The summed E-state index contributed by atoms with van der Waals surface area (Å²) in [6.45, 7) is 3.14. The first-order chi connectivity index (χ1) is 7.34. The summed E-state index contributed by atoms with van der Waals surface area (Å²) in [7, 11) is -3.91. The number of nitrogens with zero attached hydrogens (tertiary/aromatic N) is 1. The average molecular weight is 283 g/mol. The third-order valence-corrected chi connectivity index (χ3v) is 4.34. The minimum atomic E-state index is -3.91. The predicted octanol–water partition coefficient (Wildman–Crippen LogP) is 0.872. The molecule has 0 spiro atoms. The quantitative estimate of drug-likeness (QED) is 0.835. The highest BCUT2D eigenvalue weighted by Crippen LogP contribution is 2.19. The molecule has 0 radical (unpaired) electrons. The standard InChI is InChI=1S/C7H7ClN2O4S2/c1-4(8)2-10-16(13,14)7-5(6(11)12)9-3-15-7/h3,10H,1-2H2,(H,11,12). The molecule has 0 aliphatic heterocycles. The molecule has 0 saturated heterocycles. The van der Waals surface area contributed by atoms with Gasteiger partial charge in [0.25, 0.3) is 10.0 Å². The van der Waals surface area contributed by atoms with Crippen LogP contribution >= 0.6 is 22.9 Å². The van der Waals surface area contributed by atoms with Gasteiger partial charge in [0.05, 0.1) is 5.51 Å². The van der Waals surface area contributed by atoms with E-state index in [-0.39, 0.29) is 15.8 Å². The van der Waals surface area contributed by atoms with Crippen molar-refractivity contribution in [3.05, 3.63) is 22.8 Å². The highest BCUT2D eigenvalue weighted by molar-refractivity contribution is 7.91. The van der Waals surface area contributed by atoms with Gasteiger partial charge in [0, 0.05) is 11.6 Å². The summed E-state index contributed by atoms with van der Waals surface area (Å²) in [5.74, 6) is -1.40. The summed E-state index contributed by atoms with van der Waals surface area (Å²) in [5, 5.41) is 8.81. The zero-order chi connectivity index (χ0) is 12.3. The molecule has 0 aliphatic carbocycles. The second-order valence-corrected chi connectivity index (χ2v) is 5.99. The largest absolute Gasteiger partial charge is 0.476 e. The Bertz CT molecular complexity index is 522. The molecule has 0 atom stereocenters. The first-order valence-electron chi connectivity index (χ1n) is 3.84. The number of thiazole rings is 1. The maximum atomic E-state index is 11.6. The van der Waals surface area contributed by atoms with Crippen molar-refractivity contribution in [1.29, 1.82) is 0 Å². The van der Waals surface area contributed by atoms with Gasteiger partial charge in [-0.25, -0.2) is 22.9 Å². The molecule has 0 saturated carbocycles. The van der Waals surface area contributed by atoms with E-state index in [9.17, 15) is 13.2 Å². The number of carboxylic acid groups (broad SMARTS) is 1. The monoisotopic (exact) mass is 282 g/mol. The van der Waals surface area contributed by atoms with E-state index >= 15 is 0 Å². The average Bonchev–Trinajstić information content (AvgIpc) is 2.63. The number of carboxylic acids is 1. The Balaban J connectivity index is 3.03. The van der Waals surface area contributed by atoms with E-state index in [1.165, 1.54) is 0 Å². The normalized spacial score (nSPS) is 11.3. The summed E-state index contributed by atoms with van der Waals surface area (Å²) < 4.78 is 25.0. The van der Waals surface area contributed by atoms with Crippen molar-refractivity contribution in [3.63, 3.8) is 0 Å². The summed E-state index contributed by atoms with van der Waals surface area (Å²) in [6.07, 6.45) is 0. The molecule has 1 heterocycles. The summed E-state index contributed by atoms with van der Waals surface area (Å²) in [6, 6.07) is 0. The van der Waals surface area contributed by atoms with Crippen LogP contribution in [0.2, 0.25) is 0 Å². The van der Waals surface area contributed by atoms with Crippen LogP contribution < -0.4 is 4.72 Å². The Labute approximate surface area is 101 Å². The lowest BCUT2D eigenvalue weighted by Crippen LogP contribution is -2.25. The minimum Gasteiger partial charge on any atom is -0.476 e. The molecule has 0 unspecified atom stereocenters. The second kappa shape index (κ2) is 4.91. The summed E-state index contributed by atoms with van der Waals surface area (Å²) >= 11 is 6.12. The minimum absolute atomic E-state index is 0.102. The van der Waals surface area contributed by atoms with Crippen LogP contribution in [0.5, 0.6) is 0 Å². The number of aromatic carboxylic acids is 1. The van der Waals surface area contributed by atoms with E-state index in [4.69, 9.17) is 16.7 Å². The first-order valence-corrected chi connectivity index (χ1v) is 6.58. The molecule has 9 heteroatoms. The Morgan fingerprint density at radius 1 is 1.69 bits per heavy atom. The zero-order valence-electron chi connectivity index (χ0n) is 7.81. The number of hydrogen-bond acceptors (Lipinski definition) is 5. The Kier molecular flexibility index (Phi) is 4.03. The molecule has 16 heavy (non-hydrogen) atoms. The molecule has 0 aliphatic rings. The van der Waals surface area contributed by atoms with E-state index in [0.717, 1.165) is 16.8 Å². The third-order valence-electron chi connectivity index (χ3n) is 1.44. The molecular formula is C7H7ClN2O4S2. The van der Waals surface area contributed by atoms with E-state index in [1.807, 2.05) is 0 Å². The lowest BCUT2D eigenvalue weighted by atomic mass is 10.5. The molecule has 6 nitrogen and oxygen atoms in total. The van der Waals surface area contributed by atoms with Crippen LogP contribution in [0, 0.1) is 0 Å². The van der Waals surface area contributed by atoms with Gasteiger partial charge < -0.3 is 5.11 Å². The van der Waals surface area contributed by atoms with Crippen molar-refractivity contribution >= 4 is 38.9 Å². The van der Waals surface area contributed by atoms with E-state index in [2.05, 4.69) is 16.3 Å². The zero-order valence-corrected chi connectivity index (χ0v) is 10.2. The van der Waals surface area contributed by atoms with Gasteiger partial charge in [-0.15, -0.1) is 11.3 Å². The van der Waals surface area contributed by atoms with Crippen LogP contribution in [0.3, 0.4) is 0 Å². The smallest absolute Gasteiger partial charge is 0.356 e. The van der Waals surface area contributed by atoms with Crippen molar-refractivity contribution in [2.75, 3.05) is 6.54 Å². The lowest BCUT2D eigenvalue weighted by Gasteiger charge is -2.03. The van der Waals surface area contributed by atoms with Crippen molar-refractivity contribution in [1.82, 2.24) is 9.71 Å². The van der Waals surface area contributed by atoms with Crippen LogP contribution in [0.25, 0.3) is 0 Å². The van der Waals surface area contributed by atoms with E-state index in [1.54, 1.807) is 0 Å². The van der Waals surface area contributed by atoms with Crippen LogP contribution in [0.4, 0.5) is 0 Å². The van der Waals surface area contributed by atoms with Crippen molar-refractivity contribution in [3.8, 4) is 0 Å². The van der Waals surface area contributed by atoms with Crippen molar-refractivity contribution in [2.24, 2.45) is 0 Å². The van der Waals surface area contributed by atoms with Gasteiger partial charge in [0.15, 0.2) is 9.90 Å². The fourth-order valence-corrected chi connectivity index (χ4v) is 3.16. The van der Waals surface area contributed by atoms with Gasteiger partial charge in [-0.2, -0.15) is 0 Å². The van der Waals surface area contributed by atoms with Crippen LogP contribution in [-0.2, 0) is 10.0 Å². The molecule has 2 N–H and O–H groups in total. The van der Waals surface area contributed by atoms with Crippen molar-refractivity contribution < 1.29 is 18.3 Å². The van der Waals surface area contributed by atoms with Crippen molar-refractivity contribution in [2.45, 2.75) is 4.21 Å². The second-order valence-electron chi connectivity index (χ2n) is 2.64. The third kappa shape index (κ3) is 3.01. The summed E-state index contributed by atoms with van der Waals surface area (Å²) in [5.41, 5.74) is 0.644. The highest BCUT2D eigenvalue weighted by Gasteiger charge is 2.25. The molecule has 0 aromatic carbocycles. The SMILES string of the molecule is C=C(Cl)CNS(=O)(=O)c1scnc1C(=O)O. The van der Waals surface area contributed by atoms with Gasteiger partial charge in [0.2, 0.25) is 0 Å². The van der Waals surface area contributed by atoms with Gasteiger partial charge in [-0.05, 0) is 0 Å². The molecule has 0 amide bonds. The number of hydrogen-bond donors (Lipinski definition) is 2. The molecule has 1 aromatic heterocycles. The number of carbonyl (C=O) groups is 1. The molecule has 1 rings (SSSR count). The van der Waals surface area contributed by atoms with Gasteiger partial charge in [-0.1, -0.05) is 18.2 Å². The predicted molar refractivity (Wildman–Crippen MR) is 59.3 cm³/mol. The molecule has 88 valence electrons. The Morgan fingerprint density at radius 3 is 2.81 bits per heavy atom. The number of nitrogens with one attached hydrogen (secondary N) is 1. The van der Waals surface area contributed by atoms with E-state index < -0.39 is 21.7 Å². The van der Waals surface area contributed by atoms with Crippen LogP contribution in [0.15, 0.2) is 21.3 Å². The molecular weight excluding hydrogens is 276 g/mol. The van der Waals surface area contributed by atoms with Gasteiger partial charge in [0.1, 0.15) is 0 Å². The summed E-state index contributed by atoms with van der Waals surface area (Å²) in [4.78, 5) is 14.1. The topological polar surface area (TPSA) is 96.4 Å². The fourth-order valence-electron chi connectivity index (χ4n) is 0.807. The molecule has 1 aromatic rings. The van der Waals surface area contributed by atoms with Gasteiger partial charge in [-0.3, -0.25) is 0 Å². The maximum Gasteiger partial charge on any atom is 0.356 e. The van der Waals surface area contributed by atoms with Crippen LogP contribution in [0.1, 0.15) is 10.5 Å².